The fraction of sp³-hybridized carbons (Fsp3) is 0.250. The molecular weight excluding hydrogens is 284 g/mol. The number of furan rings is 1. The van der Waals surface area contributed by atoms with Crippen molar-refractivity contribution >= 4 is 21.8 Å². The first-order chi connectivity index (χ1) is 8.06. The van der Waals surface area contributed by atoms with Crippen LogP contribution in [0.5, 0.6) is 0 Å². The molecule has 0 unspecified atom stereocenters. The van der Waals surface area contributed by atoms with Crippen LogP contribution in [0.1, 0.15) is 27.5 Å². The standard InChI is InChI=1S/C12H13BrN2O2/c1-7-5-9(8(2)15-7)6-14-12(16)10-3-4-11(13)17-10/h3-5,15H,6H2,1-2H3,(H,14,16). The Labute approximate surface area is 108 Å². The number of carbonyl (C=O) groups is 1. The van der Waals surface area contributed by atoms with Crippen molar-refractivity contribution in [3.8, 4) is 0 Å². The summed E-state index contributed by atoms with van der Waals surface area (Å²) in [5.74, 6) is 0.0933. The van der Waals surface area contributed by atoms with Gasteiger partial charge in [0.25, 0.3) is 5.91 Å². The summed E-state index contributed by atoms with van der Waals surface area (Å²) < 4.78 is 5.72. The molecule has 90 valence electrons. The first-order valence-corrected chi connectivity index (χ1v) is 6.04. The lowest BCUT2D eigenvalue weighted by atomic mass is 10.2. The molecule has 0 aliphatic rings. The number of H-pyrrole nitrogens is 1. The van der Waals surface area contributed by atoms with Gasteiger partial charge in [-0.05, 0) is 53.5 Å². The van der Waals surface area contributed by atoms with Crippen LogP contribution in [0.4, 0.5) is 0 Å². The average Bonchev–Trinajstić information content (AvgIpc) is 2.82. The number of amides is 1. The summed E-state index contributed by atoms with van der Waals surface area (Å²) in [6.07, 6.45) is 0. The molecule has 1 amide bonds. The van der Waals surface area contributed by atoms with Gasteiger partial charge in [-0.3, -0.25) is 4.79 Å². The van der Waals surface area contributed by atoms with Crippen LogP contribution in [-0.4, -0.2) is 10.9 Å². The van der Waals surface area contributed by atoms with E-state index in [-0.39, 0.29) is 5.91 Å². The number of aryl methyl sites for hydroxylation is 2. The molecule has 2 rings (SSSR count). The summed E-state index contributed by atoms with van der Waals surface area (Å²) in [5.41, 5.74) is 3.25. The summed E-state index contributed by atoms with van der Waals surface area (Å²) in [5, 5.41) is 2.81. The number of aromatic amines is 1. The maximum Gasteiger partial charge on any atom is 0.287 e. The summed E-state index contributed by atoms with van der Waals surface area (Å²) in [4.78, 5) is 14.9. The Morgan fingerprint density at radius 3 is 2.76 bits per heavy atom. The Morgan fingerprint density at radius 2 is 2.24 bits per heavy atom. The molecule has 0 bridgehead atoms. The van der Waals surface area contributed by atoms with E-state index in [1.54, 1.807) is 12.1 Å². The van der Waals surface area contributed by atoms with Gasteiger partial charge in [-0.15, -0.1) is 0 Å². The first kappa shape index (κ1) is 12.0. The Morgan fingerprint density at radius 1 is 1.47 bits per heavy atom. The Kier molecular flexibility index (Phi) is 3.38. The zero-order valence-electron chi connectivity index (χ0n) is 9.63. The molecule has 2 N–H and O–H groups in total. The van der Waals surface area contributed by atoms with Crippen LogP contribution in [0.2, 0.25) is 0 Å². The third kappa shape index (κ3) is 2.79. The molecule has 0 aliphatic heterocycles. The topological polar surface area (TPSA) is 58.0 Å². The van der Waals surface area contributed by atoms with Gasteiger partial charge in [0.15, 0.2) is 10.4 Å². The van der Waals surface area contributed by atoms with Gasteiger partial charge in [0.1, 0.15) is 0 Å². The molecule has 0 saturated carbocycles. The zero-order valence-corrected chi connectivity index (χ0v) is 11.2. The molecule has 2 aromatic rings. The highest BCUT2D eigenvalue weighted by Crippen LogP contribution is 2.14. The first-order valence-electron chi connectivity index (χ1n) is 5.25. The maximum absolute atomic E-state index is 11.7. The third-order valence-corrected chi connectivity index (χ3v) is 2.92. The van der Waals surface area contributed by atoms with Crippen molar-refractivity contribution in [3.63, 3.8) is 0 Å². The van der Waals surface area contributed by atoms with E-state index < -0.39 is 0 Å². The van der Waals surface area contributed by atoms with E-state index in [2.05, 4.69) is 26.2 Å². The highest BCUT2D eigenvalue weighted by atomic mass is 79.9. The Bertz CT molecular complexity index is 542. The predicted octanol–water partition coefficient (Wildman–Crippen LogP) is 2.92. The number of carbonyl (C=O) groups excluding carboxylic acids is 1. The minimum atomic E-state index is -0.214. The highest BCUT2D eigenvalue weighted by molar-refractivity contribution is 9.10. The predicted molar refractivity (Wildman–Crippen MR) is 67.8 cm³/mol. The van der Waals surface area contributed by atoms with Gasteiger partial charge in [-0.2, -0.15) is 0 Å². The minimum Gasteiger partial charge on any atom is -0.444 e. The van der Waals surface area contributed by atoms with E-state index in [1.165, 1.54) is 0 Å². The van der Waals surface area contributed by atoms with E-state index in [0.29, 0.717) is 17.0 Å². The molecule has 0 aromatic carbocycles. The number of aromatic nitrogens is 1. The number of halogens is 1. The van der Waals surface area contributed by atoms with Crippen molar-refractivity contribution in [2.24, 2.45) is 0 Å². The van der Waals surface area contributed by atoms with Crippen LogP contribution in [0.15, 0.2) is 27.3 Å². The highest BCUT2D eigenvalue weighted by Gasteiger charge is 2.10. The molecule has 2 heterocycles. The second-order valence-corrected chi connectivity index (χ2v) is 4.67. The number of hydrogen-bond donors (Lipinski definition) is 2. The second-order valence-electron chi connectivity index (χ2n) is 3.89. The largest absolute Gasteiger partial charge is 0.444 e. The lowest BCUT2D eigenvalue weighted by Crippen LogP contribution is -2.22. The molecule has 4 nitrogen and oxygen atoms in total. The van der Waals surface area contributed by atoms with Gasteiger partial charge in [-0.25, -0.2) is 0 Å². The van der Waals surface area contributed by atoms with Crippen LogP contribution in [0.3, 0.4) is 0 Å². The fourth-order valence-corrected chi connectivity index (χ4v) is 1.97. The van der Waals surface area contributed by atoms with Crippen LogP contribution in [-0.2, 0) is 6.54 Å². The summed E-state index contributed by atoms with van der Waals surface area (Å²) in [6.45, 7) is 4.47. The van der Waals surface area contributed by atoms with E-state index >= 15 is 0 Å². The third-order valence-electron chi connectivity index (χ3n) is 2.49. The number of nitrogens with one attached hydrogen (secondary N) is 2. The fourth-order valence-electron chi connectivity index (χ4n) is 1.66. The van der Waals surface area contributed by atoms with Crippen molar-refractivity contribution in [1.82, 2.24) is 10.3 Å². The lowest BCUT2D eigenvalue weighted by molar-refractivity contribution is 0.0922. The van der Waals surface area contributed by atoms with Crippen molar-refractivity contribution in [3.05, 3.63) is 45.6 Å². The normalized spacial score (nSPS) is 10.5. The quantitative estimate of drug-likeness (QED) is 0.915. The van der Waals surface area contributed by atoms with Gasteiger partial charge >= 0.3 is 0 Å². The molecular formula is C12H13BrN2O2. The lowest BCUT2D eigenvalue weighted by Gasteiger charge is -2.02. The molecule has 2 aromatic heterocycles. The van der Waals surface area contributed by atoms with Crippen molar-refractivity contribution in [1.29, 1.82) is 0 Å². The zero-order chi connectivity index (χ0) is 12.4. The molecule has 0 spiro atoms. The maximum atomic E-state index is 11.7. The molecule has 0 radical (unpaired) electrons. The summed E-state index contributed by atoms with van der Waals surface area (Å²) in [7, 11) is 0. The van der Waals surface area contributed by atoms with E-state index in [9.17, 15) is 4.79 Å². The number of rotatable bonds is 3. The minimum absolute atomic E-state index is 0.214. The molecule has 0 fully saturated rings. The monoisotopic (exact) mass is 296 g/mol. The van der Waals surface area contributed by atoms with Crippen molar-refractivity contribution < 1.29 is 9.21 Å². The van der Waals surface area contributed by atoms with Crippen molar-refractivity contribution in [2.75, 3.05) is 0 Å². The molecule has 0 saturated heterocycles. The van der Waals surface area contributed by atoms with E-state index in [4.69, 9.17) is 4.42 Å². The molecule has 0 aliphatic carbocycles. The van der Waals surface area contributed by atoms with Gasteiger partial charge in [0.05, 0.1) is 0 Å². The van der Waals surface area contributed by atoms with Gasteiger partial charge in [0, 0.05) is 17.9 Å². The van der Waals surface area contributed by atoms with Gasteiger partial charge in [-0.1, -0.05) is 0 Å². The second kappa shape index (κ2) is 4.79. The summed E-state index contributed by atoms with van der Waals surface area (Å²) in [6, 6.07) is 5.35. The van der Waals surface area contributed by atoms with Gasteiger partial charge < -0.3 is 14.7 Å². The Balaban J connectivity index is 1.99. The summed E-state index contributed by atoms with van der Waals surface area (Å²) >= 11 is 3.16. The smallest absolute Gasteiger partial charge is 0.287 e. The molecule has 5 heteroatoms. The SMILES string of the molecule is Cc1cc(CNC(=O)c2ccc(Br)o2)c(C)[nH]1. The Hall–Kier alpha value is -1.49. The van der Waals surface area contributed by atoms with Crippen LogP contribution in [0.25, 0.3) is 0 Å². The van der Waals surface area contributed by atoms with Crippen molar-refractivity contribution in [2.45, 2.75) is 20.4 Å². The molecule has 0 atom stereocenters. The van der Waals surface area contributed by atoms with Crippen LogP contribution in [0, 0.1) is 13.8 Å². The number of hydrogen-bond acceptors (Lipinski definition) is 2. The van der Waals surface area contributed by atoms with E-state index in [1.807, 2.05) is 19.9 Å². The average molecular weight is 297 g/mol. The molecule has 17 heavy (non-hydrogen) atoms. The van der Waals surface area contributed by atoms with Crippen LogP contribution < -0.4 is 5.32 Å². The van der Waals surface area contributed by atoms with Crippen LogP contribution >= 0.6 is 15.9 Å². The van der Waals surface area contributed by atoms with Gasteiger partial charge in [0.2, 0.25) is 0 Å². The van der Waals surface area contributed by atoms with E-state index in [0.717, 1.165) is 17.0 Å².